The quantitative estimate of drug-likeness (QED) is 0.918. The molecule has 2 aliphatic rings. The van der Waals surface area contributed by atoms with Gasteiger partial charge in [-0.3, -0.25) is 9.69 Å². The Kier molecular flexibility index (Phi) is 4.66. The SMILES string of the molecule is COc1ccccc1N1CCC(N2C[C@@H](N)[C@H](c3ccccc3)C2)C1=O. The molecule has 2 heterocycles. The standard InChI is InChI=1S/C21H25N3O2/c1-26-20-10-6-5-9-18(20)24-12-11-19(21(24)25)23-13-16(17(22)14-23)15-7-3-2-4-8-15/h2-10,16-17,19H,11-14,22H2,1H3/t16-,17+,19?/m0/s1. The van der Waals surface area contributed by atoms with Crippen LogP contribution in [0.4, 0.5) is 5.69 Å². The number of ether oxygens (including phenoxy) is 1. The lowest BCUT2D eigenvalue weighted by molar-refractivity contribution is -0.121. The molecule has 0 aromatic heterocycles. The van der Waals surface area contributed by atoms with Gasteiger partial charge >= 0.3 is 0 Å². The summed E-state index contributed by atoms with van der Waals surface area (Å²) in [6, 6.07) is 18.0. The average Bonchev–Trinajstić information content (AvgIpc) is 3.25. The van der Waals surface area contributed by atoms with Crippen LogP contribution in [0.15, 0.2) is 54.6 Å². The Balaban J connectivity index is 1.51. The summed E-state index contributed by atoms with van der Waals surface area (Å²) >= 11 is 0. The Morgan fingerprint density at radius 2 is 1.77 bits per heavy atom. The predicted octanol–water partition coefficient (Wildman–Crippen LogP) is 2.23. The molecule has 2 aliphatic heterocycles. The van der Waals surface area contributed by atoms with E-state index in [1.807, 2.05) is 35.2 Å². The van der Waals surface area contributed by atoms with E-state index in [1.54, 1.807) is 7.11 Å². The van der Waals surface area contributed by atoms with Crippen molar-refractivity contribution in [2.45, 2.75) is 24.4 Å². The summed E-state index contributed by atoms with van der Waals surface area (Å²) in [5.41, 5.74) is 8.53. The maximum absolute atomic E-state index is 13.1. The zero-order valence-electron chi connectivity index (χ0n) is 15.0. The van der Waals surface area contributed by atoms with Gasteiger partial charge in [0.25, 0.3) is 0 Å². The second-order valence-corrected chi connectivity index (χ2v) is 7.10. The lowest BCUT2D eigenvalue weighted by Crippen LogP contribution is -2.41. The summed E-state index contributed by atoms with van der Waals surface area (Å²) in [4.78, 5) is 17.2. The molecule has 2 aromatic rings. The molecule has 5 heteroatoms. The maximum atomic E-state index is 13.1. The molecule has 2 aromatic carbocycles. The molecule has 0 spiro atoms. The van der Waals surface area contributed by atoms with Gasteiger partial charge in [0, 0.05) is 31.6 Å². The largest absolute Gasteiger partial charge is 0.495 e. The molecule has 2 N–H and O–H groups in total. The van der Waals surface area contributed by atoms with Crippen LogP contribution >= 0.6 is 0 Å². The van der Waals surface area contributed by atoms with Gasteiger partial charge in [0.2, 0.25) is 5.91 Å². The Morgan fingerprint density at radius 3 is 2.54 bits per heavy atom. The molecular formula is C21H25N3O2. The number of anilines is 1. The molecule has 0 radical (unpaired) electrons. The number of hydrogen-bond donors (Lipinski definition) is 1. The summed E-state index contributed by atoms with van der Waals surface area (Å²) < 4.78 is 5.43. The predicted molar refractivity (Wildman–Crippen MR) is 102 cm³/mol. The molecule has 5 nitrogen and oxygen atoms in total. The highest BCUT2D eigenvalue weighted by atomic mass is 16.5. The molecule has 3 atom stereocenters. The third-order valence-electron chi connectivity index (χ3n) is 5.62. The minimum absolute atomic E-state index is 0.0607. The molecule has 1 amide bonds. The van der Waals surface area contributed by atoms with Crippen molar-refractivity contribution < 1.29 is 9.53 Å². The molecule has 0 saturated carbocycles. The first-order valence-corrected chi connectivity index (χ1v) is 9.18. The van der Waals surface area contributed by atoms with E-state index in [4.69, 9.17) is 10.5 Å². The van der Waals surface area contributed by atoms with Crippen molar-refractivity contribution in [3.05, 3.63) is 60.2 Å². The molecule has 136 valence electrons. The smallest absolute Gasteiger partial charge is 0.244 e. The van der Waals surface area contributed by atoms with Gasteiger partial charge in [-0.25, -0.2) is 0 Å². The van der Waals surface area contributed by atoms with Gasteiger partial charge in [0.1, 0.15) is 5.75 Å². The Labute approximate surface area is 154 Å². The van der Waals surface area contributed by atoms with Crippen molar-refractivity contribution in [1.29, 1.82) is 0 Å². The lowest BCUT2D eigenvalue weighted by atomic mass is 9.95. The number of carbonyl (C=O) groups is 1. The number of carbonyl (C=O) groups excluding carboxylic acids is 1. The van der Waals surface area contributed by atoms with Crippen LogP contribution in [0.25, 0.3) is 0 Å². The average molecular weight is 351 g/mol. The van der Waals surface area contributed by atoms with Crippen LogP contribution in [-0.2, 0) is 4.79 Å². The van der Waals surface area contributed by atoms with Crippen molar-refractivity contribution in [2.24, 2.45) is 5.73 Å². The number of para-hydroxylation sites is 2. The first-order valence-electron chi connectivity index (χ1n) is 9.18. The highest BCUT2D eigenvalue weighted by Crippen LogP contribution is 2.35. The van der Waals surface area contributed by atoms with Crippen LogP contribution in [-0.4, -0.2) is 49.6 Å². The minimum Gasteiger partial charge on any atom is -0.495 e. The molecule has 0 bridgehead atoms. The fraction of sp³-hybridized carbons (Fsp3) is 0.381. The van der Waals surface area contributed by atoms with E-state index in [0.29, 0.717) is 6.54 Å². The van der Waals surface area contributed by atoms with Gasteiger partial charge in [-0.05, 0) is 24.1 Å². The molecule has 4 rings (SSSR count). The van der Waals surface area contributed by atoms with Crippen molar-refractivity contribution in [3.8, 4) is 5.75 Å². The van der Waals surface area contributed by atoms with Crippen LogP contribution in [0.2, 0.25) is 0 Å². The third kappa shape index (κ3) is 2.97. The van der Waals surface area contributed by atoms with Gasteiger partial charge in [-0.1, -0.05) is 42.5 Å². The summed E-state index contributed by atoms with van der Waals surface area (Å²) in [6.07, 6.45) is 0.825. The molecule has 2 fully saturated rings. The number of likely N-dealkylation sites (tertiary alicyclic amines) is 1. The zero-order valence-corrected chi connectivity index (χ0v) is 15.0. The monoisotopic (exact) mass is 351 g/mol. The molecule has 1 unspecified atom stereocenters. The second-order valence-electron chi connectivity index (χ2n) is 7.10. The van der Waals surface area contributed by atoms with Crippen LogP contribution in [0, 0.1) is 0 Å². The topological polar surface area (TPSA) is 58.8 Å². The minimum atomic E-state index is -0.0975. The van der Waals surface area contributed by atoms with E-state index in [2.05, 4.69) is 29.2 Å². The maximum Gasteiger partial charge on any atom is 0.244 e. The normalized spacial score (nSPS) is 26.5. The molecular weight excluding hydrogens is 326 g/mol. The van der Waals surface area contributed by atoms with Crippen molar-refractivity contribution in [3.63, 3.8) is 0 Å². The van der Waals surface area contributed by atoms with Crippen LogP contribution in [0.3, 0.4) is 0 Å². The van der Waals surface area contributed by atoms with Crippen molar-refractivity contribution >= 4 is 11.6 Å². The van der Waals surface area contributed by atoms with Gasteiger partial charge in [-0.15, -0.1) is 0 Å². The molecule has 2 saturated heterocycles. The number of hydrogen-bond acceptors (Lipinski definition) is 4. The number of rotatable bonds is 4. The van der Waals surface area contributed by atoms with Crippen LogP contribution in [0.1, 0.15) is 17.9 Å². The zero-order chi connectivity index (χ0) is 18.1. The second kappa shape index (κ2) is 7.09. The van der Waals surface area contributed by atoms with Gasteiger partial charge in [-0.2, -0.15) is 0 Å². The number of amides is 1. The third-order valence-corrected chi connectivity index (χ3v) is 5.62. The van der Waals surface area contributed by atoms with Gasteiger partial charge in [0.05, 0.1) is 18.8 Å². The number of nitrogens with zero attached hydrogens (tertiary/aromatic N) is 2. The Morgan fingerprint density at radius 1 is 1.04 bits per heavy atom. The molecule has 26 heavy (non-hydrogen) atoms. The van der Waals surface area contributed by atoms with Crippen LogP contribution in [0.5, 0.6) is 5.75 Å². The summed E-state index contributed by atoms with van der Waals surface area (Å²) in [5.74, 6) is 1.17. The Bertz CT molecular complexity index is 780. The van der Waals surface area contributed by atoms with E-state index in [9.17, 15) is 4.79 Å². The summed E-state index contributed by atoms with van der Waals surface area (Å²) in [6.45, 7) is 2.31. The van der Waals surface area contributed by atoms with Gasteiger partial charge in [0.15, 0.2) is 0 Å². The summed E-state index contributed by atoms with van der Waals surface area (Å²) in [7, 11) is 1.64. The highest BCUT2D eigenvalue weighted by Gasteiger charge is 2.42. The van der Waals surface area contributed by atoms with Crippen molar-refractivity contribution in [1.82, 2.24) is 4.90 Å². The fourth-order valence-electron chi connectivity index (χ4n) is 4.26. The van der Waals surface area contributed by atoms with E-state index in [-0.39, 0.29) is 23.9 Å². The Hall–Kier alpha value is -2.37. The van der Waals surface area contributed by atoms with E-state index < -0.39 is 0 Å². The van der Waals surface area contributed by atoms with Gasteiger partial charge < -0.3 is 15.4 Å². The first-order chi connectivity index (χ1) is 12.7. The van der Waals surface area contributed by atoms with E-state index >= 15 is 0 Å². The number of nitrogens with two attached hydrogens (primary N) is 1. The lowest BCUT2D eigenvalue weighted by Gasteiger charge is -2.24. The number of benzene rings is 2. The van der Waals surface area contributed by atoms with Crippen molar-refractivity contribution in [2.75, 3.05) is 31.6 Å². The fourth-order valence-corrected chi connectivity index (χ4v) is 4.26. The number of methoxy groups -OCH3 is 1. The van der Waals surface area contributed by atoms with E-state index in [1.165, 1.54) is 5.56 Å². The van der Waals surface area contributed by atoms with Crippen LogP contribution < -0.4 is 15.4 Å². The highest BCUT2D eigenvalue weighted by molar-refractivity contribution is 6.00. The van der Waals surface area contributed by atoms with E-state index in [0.717, 1.165) is 30.9 Å². The molecule has 0 aliphatic carbocycles. The first kappa shape index (κ1) is 17.1. The summed E-state index contributed by atoms with van der Waals surface area (Å²) in [5, 5.41) is 0.